The topological polar surface area (TPSA) is 106 Å². The summed E-state index contributed by atoms with van der Waals surface area (Å²) in [5.41, 5.74) is 7.74. The molecule has 2 unspecified atom stereocenters. The summed E-state index contributed by atoms with van der Waals surface area (Å²) in [5, 5.41) is 5.84. The fourth-order valence-corrected chi connectivity index (χ4v) is 3.39. The Labute approximate surface area is 147 Å². The van der Waals surface area contributed by atoms with E-state index in [2.05, 4.69) is 15.6 Å². The van der Waals surface area contributed by atoms with Gasteiger partial charge in [-0.15, -0.1) is 0 Å². The van der Waals surface area contributed by atoms with E-state index in [1.165, 1.54) is 7.11 Å². The Morgan fingerprint density at radius 2 is 2.08 bits per heavy atom. The summed E-state index contributed by atoms with van der Waals surface area (Å²) < 4.78 is 4.82. The number of hydrogen-bond donors (Lipinski definition) is 3. The van der Waals surface area contributed by atoms with Crippen molar-refractivity contribution in [2.45, 2.75) is 50.6 Å². The first-order chi connectivity index (χ1) is 12.1. The average molecular weight is 346 g/mol. The van der Waals surface area contributed by atoms with Crippen molar-refractivity contribution >= 4 is 12.0 Å². The van der Waals surface area contributed by atoms with Crippen LogP contribution in [0.15, 0.2) is 12.1 Å². The van der Waals surface area contributed by atoms with Gasteiger partial charge >= 0.3 is 12.0 Å². The quantitative estimate of drug-likeness (QED) is 0.679. The summed E-state index contributed by atoms with van der Waals surface area (Å²) in [5.74, 6) is 0.482. The van der Waals surface area contributed by atoms with Gasteiger partial charge in [-0.2, -0.15) is 0 Å². The van der Waals surface area contributed by atoms with Crippen molar-refractivity contribution in [3.8, 4) is 0 Å². The molecule has 0 aromatic carbocycles. The van der Waals surface area contributed by atoms with Crippen LogP contribution in [0, 0.1) is 5.92 Å². The second kappa shape index (κ2) is 7.82. The molecule has 0 radical (unpaired) electrons. The van der Waals surface area contributed by atoms with Crippen LogP contribution in [0.2, 0.25) is 0 Å². The third-order valence-corrected chi connectivity index (χ3v) is 4.99. The summed E-state index contributed by atoms with van der Waals surface area (Å²) >= 11 is 0. The van der Waals surface area contributed by atoms with E-state index in [1.54, 1.807) is 12.1 Å². The Morgan fingerprint density at radius 1 is 1.28 bits per heavy atom. The van der Waals surface area contributed by atoms with E-state index in [4.69, 9.17) is 10.5 Å². The number of methoxy groups -OCH3 is 1. The second-order valence-corrected chi connectivity index (χ2v) is 6.94. The Morgan fingerprint density at radius 3 is 2.72 bits per heavy atom. The Bertz CT molecular complexity index is 645. The molecule has 1 heterocycles. The van der Waals surface area contributed by atoms with Gasteiger partial charge in [0.2, 0.25) is 0 Å². The predicted molar refractivity (Wildman–Crippen MR) is 93.1 cm³/mol. The zero-order chi connectivity index (χ0) is 17.8. The third-order valence-electron chi connectivity index (χ3n) is 4.99. The summed E-state index contributed by atoms with van der Waals surface area (Å²) in [6, 6.07) is 3.52. The van der Waals surface area contributed by atoms with Crippen LogP contribution in [-0.2, 0) is 11.3 Å². The number of nitrogens with one attached hydrogen (secondary N) is 2. The zero-order valence-corrected chi connectivity index (χ0v) is 14.6. The van der Waals surface area contributed by atoms with Crippen LogP contribution in [0.1, 0.15) is 59.8 Å². The van der Waals surface area contributed by atoms with Gasteiger partial charge in [0.25, 0.3) is 0 Å². The number of carbonyl (C=O) groups excluding carboxylic acids is 2. The van der Waals surface area contributed by atoms with Gasteiger partial charge in [-0.25, -0.2) is 9.59 Å². The van der Waals surface area contributed by atoms with Crippen LogP contribution in [0.5, 0.6) is 0 Å². The van der Waals surface area contributed by atoms with Gasteiger partial charge in [0.15, 0.2) is 0 Å². The molecule has 4 N–H and O–H groups in total. The number of pyridine rings is 1. The zero-order valence-electron chi connectivity index (χ0n) is 14.6. The predicted octanol–water partition coefficient (Wildman–Crippen LogP) is 1.67. The lowest BCUT2D eigenvalue weighted by atomic mass is 10.1. The number of carbonyl (C=O) groups is 2. The molecule has 2 fully saturated rings. The first-order valence-corrected chi connectivity index (χ1v) is 8.93. The van der Waals surface area contributed by atoms with Gasteiger partial charge in [-0.1, -0.05) is 0 Å². The third kappa shape index (κ3) is 4.48. The lowest BCUT2D eigenvalue weighted by Crippen LogP contribution is -2.41. The molecule has 136 valence electrons. The Balaban J connectivity index is 1.55. The molecular formula is C18H26N4O3. The van der Waals surface area contributed by atoms with E-state index in [0.29, 0.717) is 30.5 Å². The molecule has 1 aromatic heterocycles. The SMILES string of the molecule is COC(=O)c1ccc(CNC(=O)NC2CCC(CN)C2)nc1C1CC1. The van der Waals surface area contributed by atoms with Gasteiger partial charge in [0.05, 0.1) is 30.6 Å². The number of hydrogen-bond acceptors (Lipinski definition) is 5. The van der Waals surface area contributed by atoms with Crippen LogP contribution < -0.4 is 16.4 Å². The van der Waals surface area contributed by atoms with Gasteiger partial charge in [0, 0.05) is 12.0 Å². The monoisotopic (exact) mass is 346 g/mol. The number of nitrogens with two attached hydrogens (primary N) is 1. The van der Waals surface area contributed by atoms with Crippen LogP contribution >= 0.6 is 0 Å². The van der Waals surface area contributed by atoms with E-state index >= 15 is 0 Å². The molecule has 2 amide bonds. The minimum absolute atomic E-state index is 0.186. The lowest BCUT2D eigenvalue weighted by molar-refractivity contribution is 0.0598. The molecule has 0 bridgehead atoms. The van der Waals surface area contributed by atoms with Gasteiger partial charge in [-0.05, 0) is 56.7 Å². The fourth-order valence-electron chi connectivity index (χ4n) is 3.39. The van der Waals surface area contributed by atoms with Crippen molar-refractivity contribution < 1.29 is 14.3 Å². The van der Waals surface area contributed by atoms with E-state index in [-0.39, 0.29) is 18.0 Å². The standard InChI is InChI=1S/C18H26N4O3/c1-25-17(23)15-7-6-14(21-16(15)12-3-4-12)10-20-18(24)22-13-5-2-11(8-13)9-19/h6-7,11-13H,2-5,8-10,19H2,1H3,(H2,20,22,24). The average Bonchev–Trinajstić information content (AvgIpc) is 3.38. The summed E-state index contributed by atoms with van der Waals surface area (Å²) in [7, 11) is 1.37. The van der Waals surface area contributed by atoms with E-state index in [1.807, 2.05) is 0 Å². The van der Waals surface area contributed by atoms with Crippen molar-refractivity contribution in [3.05, 3.63) is 29.1 Å². The maximum Gasteiger partial charge on any atom is 0.339 e. The number of aromatic nitrogens is 1. The molecule has 2 atom stereocenters. The largest absolute Gasteiger partial charge is 0.465 e. The maximum atomic E-state index is 12.1. The highest BCUT2D eigenvalue weighted by atomic mass is 16.5. The molecule has 25 heavy (non-hydrogen) atoms. The molecule has 2 aliphatic carbocycles. The van der Waals surface area contributed by atoms with Crippen molar-refractivity contribution in [1.29, 1.82) is 0 Å². The van der Waals surface area contributed by atoms with Crippen LogP contribution in [0.4, 0.5) is 4.79 Å². The normalized spacial score (nSPS) is 22.5. The smallest absolute Gasteiger partial charge is 0.339 e. The summed E-state index contributed by atoms with van der Waals surface area (Å²) in [4.78, 5) is 28.5. The van der Waals surface area contributed by atoms with Crippen molar-refractivity contribution in [3.63, 3.8) is 0 Å². The first-order valence-electron chi connectivity index (χ1n) is 8.93. The number of esters is 1. The molecule has 1 aromatic rings. The van der Waals surface area contributed by atoms with Gasteiger partial charge in [0.1, 0.15) is 0 Å². The minimum atomic E-state index is -0.359. The number of rotatable bonds is 6. The first kappa shape index (κ1) is 17.7. The van der Waals surface area contributed by atoms with Gasteiger partial charge in [-0.3, -0.25) is 4.98 Å². The van der Waals surface area contributed by atoms with Crippen molar-refractivity contribution in [1.82, 2.24) is 15.6 Å². The number of nitrogens with zero attached hydrogens (tertiary/aromatic N) is 1. The van der Waals surface area contributed by atoms with E-state index in [9.17, 15) is 9.59 Å². The molecule has 3 rings (SSSR count). The highest BCUT2D eigenvalue weighted by Gasteiger charge is 2.30. The molecule has 0 aliphatic heterocycles. The highest BCUT2D eigenvalue weighted by molar-refractivity contribution is 5.90. The summed E-state index contributed by atoms with van der Waals surface area (Å²) in [6.07, 6.45) is 5.08. The number of amides is 2. The minimum Gasteiger partial charge on any atom is -0.465 e. The lowest BCUT2D eigenvalue weighted by Gasteiger charge is -2.14. The number of urea groups is 1. The highest BCUT2D eigenvalue weighted by Crippen LogP contribution is 2.40. The van der Waals surface area contributed by atoms with Crippen LogP contribution in [-0.4, -0.2) is 36.7 Å². The van der Waals surface area contributed by atoms with Gasteiger partial charge < -0.3 is 21.1 Å². The molecule has 7 heteroatoms. The number of ether oxygens (including phenoxy) is 1. The molecular weight excluding hydrogens is 320 g/mol. The summed E-state index contributed by atoms with van der Waals surface area (Å²) in [6.45, 7) is 1.01. The molecule has 2 aliphatic rings. The van der Waals surface area contributed by atoms with Crippen LogP contribution in [0.3, 0.4) is 0 Å². The maximum absolute atomic E-state index is 12.1. The van der Waals surface area contributed by atoms with E-state index in [0.717, 1.165) is 43.5 Å². The molecule has 0 spiro atoms. The fraction of sp³-hybridized carbons (Fsp3) is 0.611. The molecule has 0 saturated heterocycles. The van der Waals surface area contributed by atoms with E-state index < -0.39 is 0 Å². The Hall–Kier alpha value is -2.15. The molecule has 2 saturated carbocycles. The Kier molecular flexibility index (Phi) is 5.53. The molecule has 7 nitrogen and oxygen atoms in total. The van der Waals surface area contributed by atoms with Crippen molar-refractivity contribution in [2.24, 2.45) is 11.7 Å². The van der Waals surface area contributed by atoms with Crippen LogP contribution in [0.25, 0.3) is 0 Å². The van der Waals surface area contributed by atoms with Crippen molar-refractivity contribution in [2.75, 3.05) is 13.7 Å². The second-order valence-electron chi connectivity index (χ2n) is 6.94.